The molecule has 0 unspecified atom stereocenters. The van der Waals surface area contributed by atoms with Gasteiger partial charge in [0.2, 0.25) is 10.0 Å². The van der Waals surface area contributed by atoms with E-state index in [-0.39, 0.29) is 42.9 Å². The normalized spacial score (nSPS) is 24.8. The Labute approximate surface area is 255 Å². The van der Waals surface area contributed by atoms with Crippen LogP contribution in [0.3, 0.4) is 0 Å². The summed E-state index contributed by atoms with van der Waals surface area (Å²) in [4.78, 5) is 25.7. The van der Waals surface area contributed by atoms with Gasteiger partial charge < -0.3 is 24.7 Å². The van der Waals surface area contributed by atoms with Crippen molar-refractivity contribution in [2.75, 3.05) is 36.9 Å². The van der Waals surface area contributed by atoms with Gasteiger partial charge in [0.05, 0.1) is 44.0 Å². The number of carbonyl (C=O) groups is 1. The van der Waals surface area contributed by atoms with Crippen molar-refractivity contribution in [1.82, 2.24) is 23.8 Å². The lowest BCUT2D eigenvalue weighted by atomic mass is 9.97. The van der Waals surface area contributed by atoms with Gasteiger partial charge in [-0.15, -0.1) is 0 Å². The van der Waals surface area contributed by atoms with Crippen molar-refractivity contribution in [3.05, 3.63) is 41.6 Å². The van der Waals surface area contributed by atoms with E-state index in [4.69, 9.17) is 25.2 Å². The van der Waals surface area contributed by atoms with Crippen LogP contribution in [0.2, 0.25) is 0 Å². The summed E-state index contributed by atoms with van der Waals surface area (Å²) in [6.07, 6.45) is 5.07. The molecule has 0 radical (unpaired) electrons. The molecule has 2 bridgehead atoms. The van der Waals surface area contributed by atoms with Crippen molar-refractivity contribution < 1.29 is 22.7 Å². The van der Waals surface area contributed by atoms with E-state index in [9.17, 15) is 13.2 Å². The number of fused-ring (bicyclic) bond motifs is 4. The van der Waals surface area contributed by atoms with Crippen LogP contribution in [-0.4, -0.2) is 88.9 Å². The number of amides is 1. The van der Waals surface area contributed by atoms with Crippen molar-refractivity contribution >= 4 is 38.4 Å². The van der Waals surface area contributed by atoms with E-state index in [1.165, 1.54) is 4.31 Å². The van der Waals surface area contributed by atoms with E-state index in [1.54, 1.807) is 19.2 Å². The van der Waals surface area contributed by atoms with Crippen molar-refractivity contribution in [2.24, 2.45) is 11.7 Å². The van der Waals surface area contributed by atoms with Crippen LogP contribution >= 0.6 is 0 Å². The van der Waals surface area contributed by atoms with Crippen molar-refractivity contribution in [3.63, 3.8) is 0 Å². The van der Waals surface area contributed by atoms with Gasteiger partial charge in [0.1, 0.15) is 22.8 Å². The lowest BCUT2D eigenvalue weighted by molar-refractivity contribution is 0.0726. The first-order valence-electron chi connectivity index (χ1n) is 15.5. The van der Waals surface area contributed by atoms with Crippen LogP contribution in [0.25, 0.3) is 28.1 Å². The minimum absolute atomic E-state index is 0.0260. The second kappa shape index (κ2) is 10.2. The Kier molecular flexibility index (Phi) is 6.44. The monoisotopic (exact) mass is 619 g/mol. The van der Waals surface area contributed by atoms with Gasteiger partial charge in [0.15, 0.2) is 5.88 Å². The topological polar surface area (TPSA) is 137 Å². The number of hydrogen-bond acceptors (Lipinski definition) is 8. The predicted molar refractivity (Wildman–Crippen MR) is 165 cm³/mol. The minimum atomic E-state index is -3.54. The van der Waals surface area contributed by atoms with Gasteiger partial charge in [-0.2, -0.15) is 0 Å². The molecule has 44 heavy (non-hydrogen) atoms. The average molecular weight is 620 g/mol. The third-order valence-corrected chi connectivity index (χ3v) is 11.5. The molecule has 1 aliphatic carbocycles. The molecule has 4 aromatic rings. The van der Waals surface area contributed by atoms with E-state index in [0.29, 0.717) is 35.4 Å². The van der Waals surface area contributed by atoms with Gasteiger partial charge in [0.25, 0.3) is 5.91 Å². The molecule has 3 saturated heterocycles. The standard InChI is InChI=1S/C31H37N7O5S/c1-18-29(33-27-14-21(15-28(42-2)37(18)27)31(39)38-22-6-7-24(38)23(32)16-22)25-13-20-5-8-26(34-30(20)35(25)17-19-3-4-19)36-9-10-43-11-12-44(36,40)41/h5,8,13-15,19,22-24H,3-4,6-7,9-12,16-17,32H2,1-2H3/t22-,23+,24+/m0/s1. The molecule has 8 rings (SSSR count). The predicted octanol–water partition coefficient (Wildman–Crippen LogP) is 2.95. The lowest BCUT2D eigenvalue weighted by Gasteiger charge is -2.23. The highest BCUT2D eigenvalue weighted by molar-refractivity contribution is 7.92. The smallest absolute Gasteiger partial charge is 0.254 e. The zero-order valence-electron chi connectivity index (χ0n) is 25.0. The summed E-state index contributed by atoms with van der Waals surface area (Å²) in [5.41, 5.74) is 10.8. The van der Waals surface area contributed by atoms with Crippen LogP contribution in [0.4, 0.5) is 5.82 Å². The quantitative estimate of drug-likeness (QED) is 0.348. The molecule has 2 N–H and O–H groups in total. The van der Waals surface area contributed by atoms with Gasteiger partial charge in [-0.1, -0.05) is 0 Å². The molecule has 4 aliphatic rings. The molecule has 13 heteroatoms. The van der Waals surface area contributed by atoms with Gasteiger partial charge in [0, 0.05) is 41.7 Å². The van der Waals surface area contributed by atoms with Crippen molar-refractivity contribution in [2.45, 2.75) is 63.7 Å². The number of anilines is 1. The second-order valence-electron chi connectivity index (χ2n) is 12.6. The highest BCUT2D eigenvalue weighted by atomic mass is 32.2. The summed E-state index contributed by atoms with van der Waals surface area (Å²) < 4.78 is 42.7. The van der Waals surface area contributed by atoms with Crippen LogP contribution in [-0.2, 0) is 21.3 Å². The largest absolute Gasteiger partial charge is 0.482 e. The Hall–Kier alpha value is -3.68. The maximum Gasteiger partial charge on any atom is 0.254 e. The Morgan fingerprint density at radius 2 is 1.95 bits per heavy atom. The number of aryl methyl sites for hydroxylation is 1. The van der Waals surface area contributed by atoms with Gasteiger partial charge in [-0.05, 0) is 69.2 Å². The summed E-state index contributed by atoms with van der Waals surface area (Å²) in [5.74, 6) is 1.37. The van der Waals surface area contributed by atoms with Crippen LogP contribution in [0.5, 0.6) is 5.88 Å². The SMILES string of the molecule is COc1cc(C(=O)N2[C@H]3CC[C@@H]2[C@H](N)C3)cc2nc(-c3cc4ccc(N5CCOCCS5(=O)=O)nc4n3CC3CC3)c(C)n12. The molecule has 4 fully saturated rings. The number of hydrogen-bond donors (Lipinski definition) is 1. The zero-order chi connectivity index (χ0) is 30.3. The van der Waals surface area contributed by atoms with Crippen molar-refractivity contribution in [1.29, 1.82) is 0 Å². The number of rotatable bonds is 6. The summed E-state index contributed by atoms with van der Waals surface area (Å²) >= 11 is 0. The summed E-state index contributed by atoms with van der Waals surface area (Å²) in [5, 5.41) is 0.910. The number of nitrogens with zero attached hydrogens (tertiary/aromatic N) is 6. The first kappa shape index (κ1) is 27.8. The molecule has 3 aliphatic heterocycles. The van der Waals surface area contributed by atoms with Crippen LogP contribution in [0.1, 0.15) is 48.2 Å². The molecule has 0 aromatic carbocycles. The molecule has 0 spiro atoms. The zero-order valence-corrected chi connectivity index (χ0v) is 25.8. The van der Waals surface area contributed by atoms with Crippen LogP contribution in [0, 0.1) is 12.8 Å². The Bertz CT molecular complexity index is 1910. The van der Waals surface area contributed by atoms with Gasteiger partial charge in [-0.25, -0.2) is 18.4 Å². The second-order valence-corrected chi connectivity index (χ2v) is 14.6. The van der Waals surface area contributed by atoms with Crippen LogP contribution < -0.4 is 14.8 Å². The Balaban J connectivity index is 1.24. The fourth-order valence-electron chi connectivity index (χ4n) is 7.41. The molecular weight excluding hydrogens is 582 g/mol. The van der Waals surface area contributed by atoms with E-state index >= 15 is 0 Å². The summed E-state index contributed by atoms with van der Waals surface area (Å²) in [7, 11) is -1.93. The summed E-state index contributed by atoms with van der Waals surface area (Å²) in [6, 6.07) is 9.73. The Morgan fingerprint density at radius 3 is 2.68 bits per heavy atom. The Morgan fingerprint density at radius 1 is 1.11 bits per heavy atom. The van der Waals surface area contributed by atoms with E-state index in [1.807, 2.05) is 28.4 Å². The number of imidazole rings is 1. The van der Waals surface area contributed by atoms with E-state index in [0.717, 1.165) is 66.8 Å². The van der Waals surface area contributed by atoms with Crippen molar-refractivity contribution in [3.8, 4) is 17.3 Å². The minimum Gasteiger partial charge on any atom is -0.482 e. The summed E-state index contributed by atoms with van der Waals surface area (Å²) in [6.45, 7) is 3.50. The fraction of sp³-hybridized carbons (Fsp3) is 0.516. The first-order valence-corrected chi connectivity index (χ1v) is 17.1. The van der Waals surface area contributed by atoms with E-state index in [2.05, 4.69) is 10.6 Å². The molecule has 12 nitrogen and oxygen atoms in total. The van der Waals surface area contributed by atoms with Crippen LogP contribution in [0.15, 0.2) is 30.3 Å². The van der Waals surface area contributed by atoms with E-state index < -0.39 is 10.0 Å². The highest BCUT2D eigenvalue weighted by Gasteiger charge is 2.47. The molecule has 7 heterocycles. The maximum atomic E-state index is 13.8. The highest BCUT2D eigenvalue weighted by Crippen LogP contribution is 2.40. The number of carbonyl (C=O) groups excluding carboxylic acids is 1. The number of sulfonamides is 1. The van der Waals surface area contributed by atoms with Gasteiger partial charge >= 0.3 is 0 Å². The maximum absolute atomic E-state index is 13.8. The molecule has 4 aromatic heterocycles. The molecule has 1 saturated carbocycles. The number of nitrogens with two attached hydrogens (primary N) is 1. The molecule has 232 valence electrons. The number of ether oxygens (including phenoxy) is 2. The number of pyridine rings is 2. The average Bonchev–Trinajstić information content (AvgIpc) is 3.42. The van der Waals surface area contributed by atoms with Gasteiger partial charge in [-0.3, -0.25) is 13.5 Å². The third-order valence-electron chi connectivity index (χ3n) is 9.82. The number of aromatic nitrogens is 4. The fourth-order valence-corrected chi connectivity index (χ4v) is 8.70. The molecular formula is C31H37N7O5S. The molecule has 3 atom stereocenters. The third kappa shape index (κ3) is 4.39. The molecule has 1 amide bonds. The lowest BCUT2D eigenvalue weighted by Crippen LogP contribution is -2.40. The first-order chi connectivity index (χ1) is 21.2. The number of methoxy groups -OCH3 is 1.